The maximum Gasteiger partial charge on any atom is 0.249 e. The molecule has 3 N–H and O–H groups in total. The second-order valence-electron chi connectivity index (χ2n) is 4.76. The minimum absolute atomic E-state index is 0.0235. The molecule has 1 aliphatic heterocycles. The smallest absolute Gasteiger partial charge is 0.249 e. The molecule has 0 spiro atoms. The topological polar surface area (TPSA) is 64.3 Å². The fourth-order valence-corrected chi connectivity index (χ4v) is 2.17. The van der Waals surface area contributed by atoms with Crippen molar-refractivity contribution in [2.45, 2.75) is 38.3 Å². The van der Waals surface area contributed by atoms with E-state index in [1.807, 2.05) is 31.2 Å². The summed E-state index contributed by atoms with van der Waals surface area (Å²) >= 11 is 0. The van der Waals surface area contributed by atoms with Crippen molar-refractivity contribution < 1.29 is 9.53 Å². The number of hydrogen-bond donors (Lipinski definition) is 2. The van der Waals surface area contributed by atoms with Crippen LogP contribution in [0.1, 0.15) is 37.8 Å². The van der Waals surface area contributed by atoms with E-state index in [9.17, 15) is 4.79 Å². The molecule has 0 bridgehead atoms. The van der Waals surface area contributed by atoms with E-state index in [0.717, 1.165) is 24.8 Å². The van der Waals surface area contributed by atoms with Gasteiger partial charge >= 0.3 is 0 Å². The van der Waals surface area contributed by atoms with Gasteiger partial charge in [0.25, 0.3) is 0 Å². The largest absolute Gasteiger partial charge is 0.399 e. The summed E-state index contributed by atoms with van der Waals surface area (Å²) in [4.78, 5) is 12.0. The van der Waals surface area contributed by atoms with Crippen molar-refractivity contribution in [2.75, 3.05) is 12.3 Å². The Morgan fingerprint density at radius 2 is 2.33 bits per heavy atom. The van der Waals surface area contributed by atoms with Gasteiger partial charge in [0.1, 0.15) is 6.10 Å². The molecule has 1 heterocycles. The van der Waals surface area contributed by atoms with Crippen LogP contribution < -0.4 is 11.1 Å². The Balaban J connectivity index is 1.94. The average molecular weight is 248 g/mol. The first-order chi connectivity index (χ1) is 8.66. The highest BCUT2D eigenvalue weighted by Crippen LogP contribution is 2.17. The second kappa shape index (κ2) is 5.87. The Hall–Kier alpha value is -1.55. The number of nitrogens with two attached hydrogens (primary N) is 1. The number of hydrogen-bond acceptors (Lipinski definition) is 3. The molecule has 1 aromatic carbocycles. The van der Waals surface area contributed by atoms with Crippen LogP contribution in [0.3, 0.4) is 0 Å². The predicted molar refractivity (Wildman–Crippen MR) is 71.0 cm³/mol. The van der Waals surface area contributed by atoms with Crippen LogP contribution in [0.15, 0.2) is 24.3 Å². The van der Waals surface area contributed by atoms with Crippen molar-refractivity contribution >= 4 is 11.6 Å². The first kappa shape index (κ1) is 12.9. The van der Waals surface area contributed by atoms with Crippen molar-refractivity contribution in [3.05, 3.63) is 29.8 Å². The number of amides is 1. The van der Waals surface area contributed by atoms with E-state index < -0.39 is 0 Å². The Morgan fingerprint density at radius 3 is 3.00 bits per heavy atom. The Kier molecular flexibility index (Phi) is 4.20. The van der Waals surface area contributed by atoms with E-state index in [2.05, 4.69) is 5.32 Å². The number of anilines is 1. The van der Waals surface area contributed by atoms with Crippen molar-refractivity contribution in [1.82, 2.24) is 5.32 Å². The Morgan fingerprint density at radius 1 is 1.50 bits per heavy atom. The highest BCUT2D eigenvalue weighted by atomic mass is 16.5. The summed E-state index contributed by atoms with van der Waals surface area (Å²) in [5, 5.41) is 2.97. The van der Waals surface area contributed by atoms with Gasteiger partial charge in [0, 0.05) is 12.3 Å². The normalized spacial score (nSPS) is 21.3. The van der Waals surface area contributed by atoms with Crippen LogP contribution in [-0.2, 0) is 9.53 Å². The summed E-state index contributed by atoms with van der Waals surface area (Å²) in [5.74, 6) is -0.0235. The second-order valence-corrected chi connectivity index (χ2v) is 4.76. The third kappa shape index (κ3) is 3.23. The van der Waals surface area contributed by atoms with Crippen LogP contribution in [0.25, 0.3) is 0 Å². The molecule has 0 radical (unpaired) electrons. The SMILES string of the molecule is CC(NC(=O)C1CCCCO1)c1cccc(N)c1. The van der Waals surface area contributed by atoms with Crippen LogP contribution in [0.5, 0.6) is 0 Å². The van der Waals surface area contributed by atoms with Gasteiger partial charge in [0.05, 0.1) is 6.04 Å². The molecule has 1 fully saturated rings. The van der Waals surface area contributed by atoms with E-state index in [4.69, 9.17) is 10.5 Å². The van der Waals surface area contributed by atoms with Crippen molar-refractivity contribution in [3.8, 4) is 0 Å². The van der Waals surface area contributed by atoms with Gasteiger partial charge in [-0.1, -0.05) is 12.1 Å². The van der Waals surface area contributed by atoms with Gasteiger partial charge in [0.15, 0.2) is 0 Å². The van der Waals surface area contributed by atoms with Gasteiger partial charge in [-0.25, -0.2) is 0 Å². The Labute approximate surface area is 108 Å². The molecular formula is C14H20N2O2. The van der Waals surface area contributed by atoms with Crippen LogP contribution in [0.4, 0.5) is 5.69 Å². The molecule has 1 saturated heterocycles. The first-order valence-corrected chi connectivity index (χ1v) is 6.44. The van der Waals surface area contributed by atoms with E-state index in [1.54, 1.807) is 0 Å². The highest BCUT2D eigenvalue weighted by molar-refractivity contribution is 5.81. The molecule has 1 aromatic rings. The number of benzene rings is 1. The lowest BCUT2D eigenvalue weighted by atomic mass is 10.1. The number of nitrogen functional groups attached to an aromatic ring is 1. The van der Waals surface area contributed by atoms with Gasteiger partial charge in [0.2, 0.25) is 5.91 Å². The molecule has 2 rings (SSSR count). The molecule has 0 aliphatic carbocycles. The van der Waals surface area contributed by atoms with Gasteiger partial charge in [-0.15, -0.1) is 0 Å². The summed E-state index contributed by atoms with van der Waals surface area (Å²) in [6.07, 6.45) is 2.64. The maximum absolute atomic E-state index is 12.0. The molecule has 0 saturated carbocycles. The monoisotopic (exact) mass is 248 g/mol. The number of ether oxygens (including phenoxy) is 1. The average Bonchev–Trinajstić information content (AvgIpc) is 2.39. The maximum atomic E-state index is 12.0. The summed E-state index contributed by atoms with van der Waals surface area (Å²) < 4.78 is 5.46. The van der Waals surface area contributed by atoms with E-state index in [1.165, 1.54) is 0 Å². The van der Waals surface area contributed by atoms with E-state index in [-0.39, 0.29) is 18.1 Å². The molecule has 1 aliphatic rings. The third-order valence-electron chi connectivity index (χ3n) is 3.24. The molecule has 4 nitrogen and oxygen atoms in total. The zero-order valence-corrected chi connectivity index (χ0v) is 10.7. The van der Waals surface area contributed by atoms with Gasteiger partial charge in [-0.3, -0.25) is 4.79 Å². The van der Waals surface area contributed by atoms with E-state index in [0.29, 0.717) is 12.3 Å². The third-order valence-corrected chi connectivity index (χ3v) is 3.24. The molecule has 2 atom stereocenters. The Bertz CT molecular complexity index is 414. The van der Waals surface area contributed by atoms with Gasteiger partial charge < -0.3 is 15.8 Å². The highest BCUT2D eigenvalue weighted by Gasteiger charge is 2.23. The standard InChI is InChI=1S/C14H20N2O2/c1-10(11-5-4-6-12(15)9-11)16-14(17)13-7-2-3-8-18-13/h4-6,9-10,13H,2-3,7-8,15H2,1H3,(H,16,17). The molecule has 4 heteroatoms. The summed E-state index contributed by atoms with van der Waals surface area (Å²) in [7, 11) is 0. The van der Waals surface area contributed by atoms with Crippen LogP contribution in [-0.4, -0.2) is 18.6 Å². The lowest BCUT2D eigenvalue weighted by Crippen LogP contribution is -2.39. The fourth-order valence-electron chi connectivity index (χ4n) is 2.17. The minimum Gasteiger partial charge on any atom is -0.399 e. The number of carbonyl (C=O) groups is 1. The molecule has 2 unspecified atom stereocenters. The van der Waals surface area contributed by atoms with Crippen molar-refractivity contribution in [3.63, 3.8) is 0 Å². The van der Waals surface area contributed by atoms with Crippen LogP contribution in [0, 0.1) is 0 Å². The lowest BCUT2D eigenvalue weighted by molar-refractivity contribution is -0.136. The predicted octanol–water partition coefficient (Wildman–Crippen LogP) is 2.02. The van der Waals surface area contributed by atoms with Crippen LogP contribution in [0.2, 0.25) is 0 Å². The van der Waals surface area contributed by atoms with Crippen molar-refractivity contribution in [2.24, 2.45) is 0 Å². The molecule has 18 heavy (non-hydrogen) atoms. The fraction of sp³-hybridized carbons (Fsp3) is 0.500. The quantitative estimate of drug-likeness (QED) is 0.804. The summed E-state index contributed by atoms with van der Waals surface area (Å²) in [6, 6.07) is 7.52. The number of nitrogens with one attached hydrogen (secondary N) is 1. The molecule has 1 amide bonds. The zero-order chi connectivity index (χ0) is 13.0. The number of rotatable bonds is 3. The molecule has 98 valence electrons. The summed E-state index contributed by atoms with van der Waals surface area (Å²) in [6.45, 7) is 2.64. The number of carbonyl (C=O) groups excluding carboxylic acids is 1. The van der Waals surface area contributed by atoms with Crippen molar-refractivity contribution in [1.29, 1.82) is 0 Å². The van der Waals surface area contributed by atoms with E-state index >= 15 is 0 Å². The molecule has 0 aromatic heterocycles. The molecular weight excluding hydrogens is 228 g/mol. The summed E-state index contributed by atoms with van der Waals surface area (Å²) in [5.41, 5.74) is 7.46. The van der Waals surface area contributed by atoms with Crippen LogP contribution >= 0.6 is 0 Å². The zero-order valence-electron chi connectivity index (χ0n) is 10.7. The lowest BCUT2D eigenvalue weighted by Gasteiger charge is -2.24. The first-order valence-electron chi connectivity index (χ1n) is 6.44. The van der Waals surface area contributed by atoms with Gasteiger partial charge in [-0.05, 0) is 43.9 Å². The minimum atomic E-state index is -0.290. The van der Waals surface area contributed by atoms with Gasteiger partial charge in [-0.2, -0.15) is 0 Å².